The second-order valence-corrected chi connectivity index (χ2v) is 4.49. The number of carbonyl (C=O) groups is 1. The Morgan fingerprint density at radius 1 is 1.63 bits per heavy atom. The average molecular weight is 281 g/mol. The minimum atomic E-state index is -0.547. The molecule has 2 aromatic heterocycles. The summed E-state index contributed by atoms with van der Waals surface area (Å²) in [4.78, 5) is 29.1. The monoisotopic (exact) mass is 281 g/mol. The number of rotatable bonds is 4. The van der Waals surface area contributed by atoms with E-state index in [-0.39, 0.29) is 17.1 Å². The molecule has 2 aromatic rings. The van der Waals surface area contributed by atoms with Gasteiger partial charge >= 0.3 is 5.97 Å². The summed E-state index contributed by atoms with van der Waals surface area (Å²) in [6, 6.07) is 2.85. The van der Waals surface area contributed by atoms with Crippen LogP contribution in [-0.4, -0.2) is 23.0 Å². The van der Waals surface area contributed by atoms with Crippen LogP contribution < -0.4 is 11.3 Å². The number of H-pyrrole nitrogens is 1. The van der Waals surface area contributed by atoms with Crippen LogP contribution in [0.25, 0.3) is 0 Å². The highest BCUT2D eigenvalue weighted by molar-refractivity contribution is 7.98. The van der Waals surface area contributed by atoms with Crippen molar-refractivity contribution in [1.29, 1.82) is 0 Å². The topological polar surface area (TPSA) is 111 Å². The summed E-state index contributed by atoms with van der Waals surface area (Å²) in [6.45, 7) is 0. The van der Waals surface area contributed by atoms with E-state index in [1.165, 1.54) is 31.2 Å². The molecule has 0 unspecified atom stereocenters. The Morgan fingerprint density at radius 3 is 3.11 bits per heavy atom. The highest BCUT2D eigenvalue weighted by atomic mass is 32.2. The number of aromatic amines is 1. The molecule has 0 amide bonds. The Labute approximate surface area is 112 Å². The average Bonchev–Trinajstić information content (AvgIpc) is 2.82. The van der Waals surface area contributed by atoms with E-state index in [2.05, 4.69) is 14.7 Å². The van der Waals surface area contributed by atoms with Gasteiger partial charge in [-0.15, -0.1) is 0 Å². The van der Waals surface area contributed by atoms with Crippen LogP contribution in [0.2, 0.25) is 0 Å². The lowest BCUT2D eigenvalue weighted by atomic mass is 10.3. The number of hydrogen-bond acceptors (Lipinski definition) is 7. The summed E-state index contributed by atoms with van der Waals surface area (Å²) in [6.07, 6.45) is 1.40. The number of anilines is 1. The van der Waals surface area contributed by atoms with Crippen molar-refractivity contribution in [1.82, 2.24) is 9.97 Å². The van der Waals surface area contributed by atoms with E-state index < -0.39 is 5.97 Å². The van der Waals surface area contributed by atoms with Gasteiger partial charge in [-0.3, -0.25) is 4.79 Å². The van der Waals surface area contributed by atoms with E-state index in [1.54, 1.807) is 6.07 Å². The summed E-state index contributed by atoms with van der Waals surface area (Å²) >= 11 is 1.23. The number of thioether (sulfide) groups is 1. The van der Waals surface area contributed by atoms with E-state index in [4.69, 9.17) is 10.2 Å². The van der Waals surface area contributed by atoms with Gasteiger partial charge in [0.1, 0.15) is 5.82 Å². The van der Waals surface area contributed by atoms with Crippen molar-refractivity contribution in [2.75, 3.05) is 12.8 Å². The fourth-order valence-electron chi connectivity index (χ4n) is 1.39. The predicted octanol–water partition coefficient (Wildman–Crippen LogP) is 1.02. The quantitative estimate of drug-likeness (QED) is 0.489. The lowest BCUT2D eigenvalue weighted by Crippen LogP contribution is -2.09. The van der Waals surface area contributed by atoms with Crippen LogP contribution in [-0.2, 0) is 10.5 Å². The number of nitrogens with zero attached hydrogens (tertiary/aromatic N) is 1. The lowest BCUT2D eigenvalue weighted by molar-refractivity contribution is 0.0564. The molecular formula is C11H11N3O4S. The second kappa shape index (κ2) is 5.61. The van der Waals surface area contributed by atoms with Crippen molar-refractivity contribution < 1.29 is 13.9 Å². The molecular weight excluding hydrogens is 270 g/mol. The number of methoxy groups -OCH3 is 1. The largest absolute Gasteiger partial charge is 0.463 e. The molecule has 0 spiro atoms. The zero-order chi connectivity index (χ0) is 13.8. The molecule has 19 heavy (non-hydrogen) atoms. The molecule has 0 radical (unpaired) electrons. The Kier molecular flexibility index (Phi) is 3.91. The number of hydrogen-bond donors (Lipinski definition) is 2. The highest BCUT2D eigenvalue weighted by Crippen LogP contribution is 2.22. The molecule has 0 saturated heterocycles. The second-order valence-electron chi connectivity index (χ2n) is 3.53. The first-order valence-corrected chi connectivity index (χ1v) is 6.23. The maximum atomic E-state index is 11.4. The molecule has 0 aliphatic heterocycles. The maximum absolute atomic E-state index is 11.4. The van der Waals surface area contributed by atoms with E-state index >= 15 is 0 Å². The molecule has 8 heteroatoms. The third-order valence-electron chi connectivity index (χ3n) is 2.22. The lowest BCUT2D eigenvalue weighted by Gasteiger charge is -2.02. The van der Waals surface area contributed by atoms with E-state index in [1.807, 2.05) is 0 Å². The fraction of sp³-hybridized carbons (Fsp3) is 0.182. The molecule has 0 aromatic carbocycles. The van der Waals surface area contributed by atoms with Crippen molar-refractivity contribution in [2.45, 2.75) is 10.9 Å². The number of nitrogen functional groups attached to an aromatic ring is 1. The van der Waals surface area contributed by atoms with E-state index in [9.17, 15) is 9.59 Å². The fourth-order valence-corrected chi connectivity index (χ4v) is 2.25. The molecule has 0 aliphatic carbocycles. The Hall–Kier alpha value is -2.22. The van der Waals surface area contributed by atoms with Crippen LogP contribution >= 0.6 is 11.8 Å². The molecule has 0 saturated carbocycles. The maximum Gasteiger partial charge on any atom is 0.374 e. The number of ether oxygens (including phenoxy) is 1. The Balaban J connectivity index is 2.12. The Morgan fingerprint density at radius 2 is 2.42 bits per heavy atom. The van der Waals surface area contributed by atoms with E-state index in [0.717, 1.165) is 0 Å². The molecule has 0 aliphatic rings. The highest BCUT2D eigenvalue weighted by Gasteiger charge is 2.16. The van der Waals surface area contributed by atoms with Crippen LogP contribution in [0.5, 0.6) is 0 Å². The standard InChI is InChI=1S/C11H11N3O4S/c1-17-10(16)9-6(2-3-18-9)5-19-11-13-7(12)4-8(15)14-11/h2-4H,5H2,1H3,(H3,12,13,14,15). The zero-order valence-electron chi connectivity index (χ0n) is 10.0. The minimum Gasteiger partial charge on any atom is -0.463 e. The van der Waals surface area contributed by atoms with Crippen LogP contribution in [0.4, 0.5) is 5.82 Å². The summed E-state index contributed by atoms with van der Waals surface area (Å²) in [5.41, 5.74) is 5.80. The third-order valence-corrected chi connectivity index (χ3v) is 3.14. The van der Waals surface area contributed by atoms with Gasteiger partial charge in [0, 0.05) is 17.4 Å². The van der Waals surface area contributed by atoms with Crippen molar-refractivity contribution >= 4 is 23.5 Å². The minimum absolute atomic E-state index is 0.140. The van der Waals surface area contributed by atoms with Gasteiger partial charge in [0.05, 0.1) is 13.4 Å². The first-order valence-electron chi connectivity index (χ1n) is 5.24. The van der Waals surface area contributed by atoms with Crippen LogP contribution in [0.1, 0.15) is 16.1 Å². The molecule has 0 atom stereocenters. The van der Waals surface area contributed by atoms with Gasteiger partial charge in [-0.05, 0) is 6.07 Å². The third kappa shape index (κ3) is 3.16. The van der Waals surface area contributed by atoms with Gasteiger partial charge in [-0.1, -0.05) is 11.8 Å². The van der Waals surface area contributed by atoms with Crippen LogP contribution in [0, 0.1) is 0 Å². The molecule has 100 valence electrons. The van der Waals surface area contributed by atoms with Gasteiger partial charge in [-0.2, -0.15) is 0 Å². The summed E-state index contributed by atoms with van der Waals surface area (Å²) in [5.74, 6) is 0.135. The molecule has 0 fully saturated rings. The van der Waals surface area contributed by atoms with Gasteiger partial charge < -0.3 is 19.9 Å². The van der Waals surface area contributed by atoms with Crippen LogP contribution in [0.15, 0.2) is 32.8 Å². The normalized spacial score (nSPS) is 10.4. The van der Waals surface area contributed by atoms with Gasteiger partial charge in [0.2, 0.25) is 5.76 Å². The molecule has 2 rings (SSSR count). The molecule has 3 N–H and O–H groups in total. The summed E-state index contributed by atoms with van der Waals surface area (Å²) in [5, 5.41) is 0.377. The van der Waals surface area contributed by atoms with E-state index in [0.29, 0.717) is 16.5 Å². The molecule has 7 nitrogen and oxygen atoms in total. The number of nitrogens with two attached hydrogens (primary N) is 1. The zero-order valence-corrected chi connectivity index (χ0v) is 10.8. The number of furan rings is 1. The number of esters is 1. The molecule has 2 heterocycles. The number of carbonyl (C=O) groups excluding carboxylic acids is 1. The summed E-state index contributed by atoms with van der Waals surface area (Å²) < 4.78 is 9.64. The first-order chi connectivity index (χ1) is 9.10. The predicted molar refractivity (Wildman–Crippen MR) is 68.9 cm³/mol. The van der Waals surface area contributed by atoms with Crippen molar-refractivity contribution in [3.05, 3.63) is 40.1 Å². The van der Waals surface area contributed by atoms with Crippen molar-refractivity contribution in [3.8, 4) is 0 Å². The smallest absolute Gasteiger partial charge is 0.374 e. The first kappa shape index (κ1) is 13.2. The van der Waals surface area contributed by atoms with Gasteiger partial charge in [0.15, 0.2) is 5.16 Å². The SMILES string of the molecule is COC(=O)c1occc1CSc1nc(N)cc(=O)[nH]1. The molecule has 0 bridgehead atoms. The van der Waals surface area contributed by atoms with Crippen molar-refractivity contribution in [3.63, 3.8) is 0 Å². The van der Waals surface area contributed by atoms with Crippen molar-refractivity contribution in [2.24, 2.45) is 0 Å². The van der Waals surface area contributed by atoms with Crippen LogP contribution in [0.3, 0.4) is 0 Å². The number of nitrogens with one attached hydrogen (secondary N) is 1. The number of aromatic nitrogens is 2. The summed E-state index contributed by atoms with van der Waals surface area (Å²) in [7, 11) is 1.28. The Bertz CT molecular complexity index is 649. The van der Waals surface area contributed by atoms with Gasteiger partial charge in [-0.25, -0.2) is 9.78 Å². The van der Waals surface area contributed by atoms with Gasteiger partial charge in [0.25, 0.3) is 5.56 Å².